The number of rotatable bonds is 3. The number of amides is 1. The van der Waals surface area contributed by atoms with Crippen LogP contribution >= 0.6 is 0 Å². The normalized spacial score (nSPS) is 11.0. The average Bonchev–Trinajstić information content (AvgIpc) is 2.69. The zero-order valence-electron chi connectivity index (χ0n) is 10.4. The number of aryl methyl sites for hydroxylation is 1. The van der Waals surface area contributed by atoms with Gasteiger partial charge in [-0.2, -0.15) is 5.10 Å². The number of primary amides is 1. The Morgan fingerprint density at radius 1 is 1.33 bits per heavy atom. The van der Waals surface area contributed by atoms with Crippen LogP contribution in [0.15, 0.2) is 36.5 Å². The Kier molecular flexibility index (Phi) is 3.28. The summed E-state index contributed by atoms with van der Waals surface area (Å²) >= 11 is 0. The summed E-state index contributed by atoms with van der Waals surface area (Å²) in [6.45, 7) is 4.00. The SMILES string of the molecule is Cc1ccccc1-n1ncc(/C=C/C(N)=O)c1C. The molecule has 0 bridgehead atoms. The molecule has 1 aromatic heterocycles. The van der Waals surface area contributed by atoms with Gasteiger partial charge in [-0.05, 0) is 31.6 Å². The third-order valence-electron chi connectivity index (χ3n) is 2.82. The molecule has 0 aliphatic rings. The maximum Gasteiger partial charge on any atom is 0.241 e. The molecule has 0 saturated carbocycles. The molecule has 0 atom stereocenters. The molecule has 4 nitrogen and oxygen atoms in total. The van der Waals surface area contributed by atoms with Crippen molar-refractivity contribution in [2.45, 2.75) is 13.8 Å². The van der Waals surface area contributed by atoms with Crippen molar-refractivity contribution in [3.05, 3.63) is 53.4 Å². The minimum atomic E-state index is -0.460. The monoisotopic (exact) mass is 241 g/mol. The Balaban J connectivity index is 2.43. The maximum absolute atomic E-state index is 10.7. The van der Waals surface area contributed by atoms with Crippen molar-refractivity contribution >= 4 is 12.0 Å². The molecular formula is C14H15N3O. The van der Waals surface area contributed by atoms with Crippen LogP contribution in [0.5, 0.6) is 0 Å². The number of aromatic nitrogens is 2. The highest BCUT2D eigenvalue weighted by Gasteiger charge is 2.07. The number of nitrogens with two attached hydrogens (primary N) is 1. The summed E-state index contributed by atoms with van der Waals surface area (Å²) in [6.07, 6.45) is 4.74. The van der Waals surface area contributed by atoms with E-state index in [4.69, 9.17) is 5.73 Å². The maximum atomic E-state index is 10.7. The second kappa shape index (κ2) is 4.87. The molecule has 92 valence electrons. The van der Waals surface area contributed by atoms with Gasteiger partial charge in [0.1, 0.15) is 0 Å². The first-order valence-electron chi connectivity index (χ1n) is 5.67. The average molecular weight is 241 g/mol. The lowest BCUT2D eigenvalue weighted by molar-refractivity contribution is -0.113. The van der Waals surface area contributed by atoms with Crippen LogP contribution in [-0.2, 0) is 4.79 Å². The number of para-hydroxylation sites is 1. The molecule has 4 heteroatoms. The number of carbonyl (C=O) groups excluding carboxylic acids is 1. The molecule has 2 N–H and O–H groups in total. The molecule has 0 saturated heterocycles. The molecule has 0 aliphatic heterocycles. The zero-order chi connectivity index (χ0) is 13.1. The molecule has 2 aromatic rings. The molecule has 0 unspecified atom stereocenters. The minimum Gasteiger partial charge on any atom is -0.366 e. The Morgan fingerprint density at radius 2 is 2.06 bits per heavy atom. The van der Waals surface area contributed by atoms with Gasteiger partial charge in [0.2, 0.25) is 5.91 Å². The van der Waals surface area contributed by atoms with Gasteiger partial charge in [0, 0.05) is 17.3 Å². The van der Waals surface area contributed by atoms with Crippen molar-refractivity contribution in [3.8, 4) is 5.69 Å². The summed E-state index contributed by atoms with van der Waals surface area (Å²) in [5.74, 6) is -0.460. The van der Waals surface area contributed by atoms with E-state index in [1.165, 1.54) is 6.08 Å². The Bertz CT molecular complexity index is 611. The van der Waals surface area contributed by atoms with Gasteiger partial charge < -0.3 is 5.73 Å². The van der Waals surface area contributed by atoms with E-state index in [1.54, 1.807) is 12.3 Å². The Morgan fingerprint density at radius 3 is 2.72 bits per heavy atom. The lowest BCUT2D eigenvalue weighted by Gasteiger charge is -2.07. The van der Waals surface area contributed by atoms with Crippen molar-refractivity contribution in [1.29, 1.82) is 0 Å². The zero-order valence-corrected chi connectivity index (χ0v) is 10.4. The topological polar surface area (TPSA) is 60.9 Å². The van der Waals surface area contributed by atoms with E-state index < -0.39 is 5.91 Å². The molecule has 1 aromatic carbocycles. The van der Waals surface area contributed by atoms with Crippen molar-refractivity contribution in [2.24, 2.45) is 5.73 Å². The third-order valence-corrected chi connectivity index (χ3v) is 2.82. The lowest BCUT2D eigenvalue weighted by Crippen LogP contribution is -2.05. The van der Waals surface area contributed by atoms with Crippen molar-refractivity contribution < 1.29 is 4.79 Å². The first kappa shape index (κ1) is 12.1. The van der Waals surface area contributed by atoms with E-state index >= 15 is 0 Å². The van der Waals surface area contributed by atoms with E-state index in [0.717, 1.165) is 22.5 Å². The van der Waals surface area contributed by atoms with Crippen LogP contribution in [-0.4, -0.2) is 15.7 Å². The summed E-state index contributed by atoms with van der Waals surface area (Å²) in [5.41, 5.74) is 9.12. The highest BCUT2D eigenvalue weighted by Crippen LogP contribution is 2.18. The first-order chi connectivity index (χ1) is 8.59. The standard InChI is InChI=1S/C14H15N3O/c1-10-5-3-4-6-13(10)17-11(2)12(9-16-17)7-8-14(15)18/h3-9H,1-2H3,(H2,15,18)/b8-7+. The highest BCUT2D eigenvalue weighted by atomic mass is 16.1. The number of carbonyl (C=O) groups is 1. The summed E-state index contributed by atoms with van der Waals surface area (Å²) in [4.78, 5) is 10.7. The molecule has 0 fully saturated rings. The van der Waals surface area contributed by atoms with E-state index in [-0.39, 0.29) is 0 Å². The first-order valence-corrected chi connectivity index (χ1v) is 5.67. The van der Waals surface area contributed by atoms with Gasteiger partial charge in [0.05, 0.1) is 11.9 Å². The van der Waals surface area contributed by atoms with E-state index in [2.05, 4.69) is 5.10 Å². The number of hydrogen-bond acceptors (Lipinski definition) is 2. The molecule has 18 heavy (non-hydrogen) atoms. The second-order valence-corrected chi connectivity index (χ2v) is 4.12. The van der Waals surface area contributed by atoms with Crippen LogP contribution in [0.4, 0.5) is 0 Å². The summed E-state index contributed by atoms with van der Waals surface area (Å²) in [5, 5.41) is 4.34. The van der Waals surface area contributed by atoms with Crippen LogP contribution < -0.4 is 5.73 Å². The summed E-state index contributed by atoms with van der Waals surface area (Å²) < 4.78 is 1.86. The van der Waals surface area contributed by atoms with E-state index in [0.29, 0.717) is 0 Å². The number of benzene rings is 1. The van der Waals surface area contributed by atoms with Gasteiger partial charge >= 0.3 is 0 Å². The quantitative estimate of drug-likeness (QED) is 0.835. The van der Waals surface area contributed by atoms with Crippen LogP contribution in [0.2, 0.25) is 0 Å². The van der Waals surface area contributed by atoms with Crippen molar-refractivity contribution in [1.82, 2.24) is 9.78 Å². The van der Waals surface area contributed by atoms with Gasteiger partial charge in [-0.25, -0.2) is 4.68 Å². The molecule has 2 rings (SSSR count). The lowest BCUT2D eigenvalue weighted by atomic mass is 10.2. The smallest absolute Gasteiger partial charge is 0.241 e. The molecule has 0 spiro atoms. The van der Waals surface area contributed by atoms with E-state index in [9.17, 15) is 4.79 Å². The molecular weight excluding hydrogens is 226 g/mol. The molecule has 0 radical (unpaired) electrons. The number of nitrogens with zero attached hydrogens (tertiary/aromatic N) is 2. The second-order valence-electron chi connectivity index (χ2n) is 4.12. The fraction of sp³-hybridized carbons (Fsp3) is 0.143. The van der Waals surface area contributed by atoms with Crippen LogP contribution in [0.1, 0.15) is 16.8 Å². The third kappa shape index (κ3) is 2.32. The summed E-state index contributed by atoms with van der Waals surface area (Å²) in [7, 11) is 0. The molecule has 0 aliphatic carbocycles. The molecule has 1 amide bonds. The van der Waals surface area contributed by atoms with Crippen LogP contribution in [0, 0.1) is 13.8 Å². The predicted molar refractivity (Wildman–Crippen MR) is 71.3 cm³/mol. The molecule has 1 heterocycles. The van der Waals surface area contributed by atoms with Crippen molar-refractivity contribution in [3.63, 3.8) is 0 Å². The highest BCUT2D eigenvalue weighted by molar-refractivity contribution is 5.90. The van der Waals surface area contributed by atoms with Gasteiger partial charge in [0.25, 0.3) is 0 Å². The van der Waals surface area contributed by atoms with Crippen molar-refractivity contribution in [2.75, 3.05) is 0 Å². The number of hydrogen-bond donors (Lipinski definition) is 1. The fourth-order valence-corrected chi connectivity index (χ4v) is 1.80. The Labute approximate surface area is 106 Å². The largest absolute Gasteiger partial charge is 0.366 e. The van der Waals surface area contributed by atoms with E-state index in [1.807, 2.05) is 42.8 Å². The minimum absolute atomic E-state index is 0.460. The predicted octanol–water partition coefficient (Wildman–Crippen LogP) is 1.99. The van der Waals surface area contributed by atoms with Gasteiger partial charge in [-0.3, -0.25) is 4.79 Å². The van der Waals surface area contributed by atoms with Gasteiger partial charge in [0.15, 0.2) is 0 Å². The fourth-order valence-electron chi connectivity index (χ4n) is 1.80. The van der Waals surface area contributed by atoms with Crippen LogP contribution in [0.25, 0.3) is 11.8 Å². The van der Waals surface area contributed by atoms with Gasteiger partial charge in [-0.15, -0.1) is 0 Å². The van der Waals surface area contributed by atoms with Gasteiger partial charge in [-0.1, -0.05) is 18.2 Å². The van der Waals surface area contributed by atoms with Crippen LogP contribution in [0.3, 0.4) is 0 Å². The Hall–Kier alpha value is -2.36. The summed E-state index contributed by atoms with van der Waals surface area (Å²) in [6, 6.07) is 8.01.